The average Bonchev–Trinajstić information content (AvgIpc) is 3.91. The van der Waals surface area contributed by atoms with E-state index >= 15 is 0 Å². The zero-order valence-corrected chi connectivity index (χ0v) is 36.8. The molecule has 2 nitrogen and oxygen atoms in total. The van der Waals surface area contributed by atoms with Crippen molar-refractivity contribution in [2.24, 2.45) is 0 Å². The van der Waals surface area contributed by atoms with E-state index in [9.17, 15) is 0 Å². The summed E-state index contributed by atoms with van der Waals surface area (Å²) < 4.78 is 2.45. The number of rotatable bonds is 8. The largest absolute Gasteiger partial charge is 0.309 e. The van der Waals surface area contributed by atoms with Crippen LogP contribution in [-0.4, -0.2) is 4.57 Å². The smallest absolute Gasteiger partial charge is 0.0714 e. The molecule has 0 amide bonds. The Morgan fingerprint density at radius 3 is 1.66 bits per heavy atom. The van der Waals surface area contributed by atoms with E-state index in [1.54, 1.807) is 0 Å². The molecule has 1 aromatic heterocycles. The molecule has 0 fully saturated rings. The van der Waals surface area contributed by atoms with Crippen LogP contribution in [0.2, 0.25) is 0 Å². The van der Waals surface area contributed by atoms with Crippen molar-refractivity contribution < 1.29 is 0 Å². The Balaban J connectivity index is 1.03. The fourth-order valence-corrected chi connectivity index (χ4v) is 11.2. The summed E-state index contributed by atoms with van der Waals surface area (Å²) in [6, 6.07) is 98.0. The topological polar surface area (TPSA) is 8.17 Å². The number of aromatic nitrogens is 1. The van der Waals surface area contributed by atoms with Gasteiger partial charge in [0.2, 0.25) is 0 Å². The molecule has 0 N–H and O–H groups in total. The van der Waals surface area contributed by atoms with Crippen LogP contribution in [-0.2, 0) is 5.41 Å². The molecule has 67 heavy (non-hydrogen) atoms. The molecule has 13 rings (SSSR count). The van der Waals surface area contributed by atoms with Crippen molar-refractivity contribution in [3.05, 3.63) is 289 Å². The minimum absolute atomic E-state index is 0.522. The second-order valence-electron chi connectivity index (χ2n) is 17.6. The summed E-state index contributed by atoms with van der Waals surface area (Å²) in [5, 5.41) is 4.99. The minimum Gasteiger partial charge on any atom is -0.309 e. The molecule has 0 saturated heterocycles. The SMILES string of the molecule is c1ccc(-c2ccccc2N(c2ccc(-c3ccc4c5ccc6ccccc6c5n(-c5ccccc5)c4c3)cc2)c2cccc3c2-c2ccccc2C3(c2ccccc2)c2ccccc2)cc1. The third kappa shape index (κ3) is 6.04. The lowest BCUT2D eigenvalue weighted by atomic mass is 9.68. The summed E-state index contributed by atoms with van der Waals surface area (Å²) in [5.74, 6) is 0. The number of hydrogen-bond donors (Lipinski definition) is 0. The Labute approximate surface area is 390 Å². The second kappa shape index (κ2) is 15.8. The molecular weight excluding hydrogens is 809 g/mol. The fourth-order valence-electron chi connectivity index (χ4n) is 11.2. The van der Waals surface area contributed by atoms with Gasteiger partial charge in [-0.15, -0.1) is 0 Å². The van der Waals surface area contributed by atoms with Gasteiger partial charge in [-0.3, -0.25) is 0 Å². The van der Waals surface area contributed by atoms with Crippen LogP contribution in [0.1, 0.15) is 22.3 Å². The van der Waals surface area contributed by atoms with Crippen molar-refractivity contribution in [3.63, 3.8) is 0 Å². The molecule has 1 heterocycles. The molecule has 2 heteroatoms. The first-order valence-corrected chi connectivity index (χ1v) is 23.2. The Morgan fingerprint density at radius 1 is 0.343 bits per heavy atom. The molecule has 11 aromatic carbocycles. The summed E-state index contributed by atoms with van der Waals surface area (Å²) in [6.07, 6.45) is 0. The Kier molecular flexibility index (Phi) is 9.11. The van der Waals surface area contributed by atoms with E-state index in [-0.39, 0.29) is 0 Å². The van der Waals surface area contributed by atoms with Gasteiger partial charge in [-0.1, -0.05) is 224 Å². The fraction of sp³-hybridized carbons (Fsp3) is 0.0154. The second-order valence-corrected chi connectivity index (χ2v) is 17.6. The molecule has 314 valence electrons. The van der Waals surface area contributed by atoms with Gasteiger partial charge in [0.05, 0.1) is 27.8 Å². The molecule has 0 bridgehead atoms. The van der Waals surface area contributed by atoms with Crippen molar-refractivity contribution in [3.8, 4) is 39.1 Å². The highest BCUT2D eigenvalue weighted by atomic mass is 15.1. The van der Waals surface area contributed by atoms with Crippen LogP contribution in [0.5, 0.6) is 0 Å². The molecule has 0 unspecified atom stereocenters. The molecule has 0 aliphatic heterocycles. The number of fused-ring (bicyclic) bond motifs is 8. The van der Waals surface area contributed by atoms with Gasteiger partial charge in [0.25, 0.3) is 0 Å². The molecule has 0 atom stereocenters. The molecule has 0 spiro atoms. The van der Waals surface area contributed by atoms with Crippen LogP contribution in [0, 0.1) is 0 Å². The van der Waals surface area contributed by atoms with Gasteiger partial charge in [-0.05, 0) is 92.4 Å². The van der Waals surface area contributed by atoms with E-state index < -0.39 is 5.41 Å². The van der Waals surface area contributed by atoms with E-state index in [4.69, 9.17) is 0 Å². The Morgan fingerprint density at radius 2 is 0.910 bits per heavy atom. The summed E-state index contributed by atoms with van der Waals surface area (Å²) in [6.45, 7) is 0. The first kappa shape index (κ1) is 38.7. The quantitative estimate of drug-likeness (QED) is 0.148. The van der Waals surface area contributed by atoms with Gasteiger partial charge in [0.15, 0.2) is 0 Å². The molecule has 0 radical (unpaired) electrons. The van der Waals surface area contributed by atoms with Crippen LogP contribution >= 0.6 is 0 Å². The number of para-hydroxylation sites is 2. The third-order valence-electron chi connectivity index (χ3n) is 14.1. The van der Waals surface area contributed by atoms with Gasteiger partial charge in [0, 0.05) is 38.7 Å². The standard InChI is InChI=1S/C65H44N2/c1-5-20-46(21-6-1)53-29-16-18-34-60(53)66(61-35-19-33-59-63(61)57-31-15-17-32-58(57)65(59,49-23-7-2-8-24-49)50-25-9-3-10-26-50)52-40-36-45(37-41-52)48-39-42-55-56-43-38-47-22-13-14-30-54(47)64(56)67(62(55)44-48)51-27-11-4-12-28-51/h1-44H. The van der Waals surface area contributed by atoms with Crippen molar-refractivity contribution in [1.29, 1.82) is 0 Å². The average molecular weight is 853 g/mol. The molecule has 0 saturated carbocycles. The predicted molar refractivity (Wildman–Crippen MR) is 281 cm³/mol. The lowest BCUT2D eigenvalue weighted by Crippen LogP contribution is -2.28. The number of anilines is 3. The summed E-state index contributed by atoms with van der Waals surface area (Å²) in [4.78, 5) is 2.50. The highest BCUT2D eigenvalue weighted by molar-refractivity contribution is 6.19. The Hall–Kier alpha value is -8.72. The molecule has 12 aromatic rings. The van der Waals surface area contributed by atoms with E-state index in [0.29, 0.717) is 0 Å². The zero-order valence-electron chi connectivity index (χ0n) is 36.8. The normalized spacial score (nSPS) is 12.6. The lowest BCUT2D eigenvalue weighted by Gasteiger charge is -2.34. The van der Waals surface area contributed by atoms with Crippen LogP contribution in [0.15, 0.2) is 267 Å². The van der Waals surface area contributed by atoms with Gasteiger partial charge in [-0.2, -0.15) is 0 Å². The minimum atomic E-state index is -0.522. The van der Waals surface area contributed by atoms with Crippen molar-refractivity contribution in [1.82, 2.24) is 4.57 Å². The monoisotopic (exact) mass is 852 g/mol. The summed E-state index contributed by atoms with van der Waals surface area (Å²) in [5.41, 5.74) is 18.6. The zero-order chi connectivity index (χ0) is 44.3. The van der Waals surface area contributed by atoms with Gasteiger partial charge in [0.1, 0.15) is 0 Å². The van der Waals surface area contributed by atoms with E-state index in [0.717, 1.165) is 28.3 Å². The maximum absolute atomic E-state index is 2.50. The molecule has 1 aliphatic rings. The van der Waals surface area contributed by atoms with Gasteiger partial charge < -0.3 is 9.47 Å². The van der Waals surface area contributed by atoms with Gasteiger partial charge >= 0.3 is 0 Å². The first-order valence-electron chi connectivity index (χ1n) is 23.2. The predicted octanol–water partition coefficient (Wildman–Crippen LogP) is 17.1. The third-order valence-corrected chi connectivity index (χ3v) is 14.1. The van der Waals surface area contributed by atoms with E-state index in [1.807, 2.05) is 0 Å². The van der Waals surface area contributed by atoms with Crippen LogP contribution < -0.4 is 4.90 Å². The first-order chi connectivity index (χ1) is 33.3. The van der Waals surface area contributed by atoms with Crippen molar-refractivity contribution >= 4 is 49.6 Å². The van der Waals surface area contributed by atoms with Crippen LogP contribution in [0.25, 0.3) is 71.6 Å². The number of hydrogen-bond acceptors (Lipinski definition) is 1. The van der Waals surface area contributed by atoms with Crippen molar-refractivity contribution in [2.45, 2.75) is 5.41 Å². The maximum Gasteiger partial charge on any atom is 0.0714 e. The maximum atomic E-state index is 2.50. The molecule has 1 aliphatic carbocycles. The van der Waals surface area contributed by atoms with Crippen LogP contribution in [0.4, 0.5) is 17.1 Å². The highest BCUT2D eigenvalue weighted by Gasteiger charge is 2.47. The summed E-state index contributed by atoms with van der Waals surface area (Å²) >= 11 is 0. The lowest BCUT2D eigenvalue weighted by molar-refractivity contribution is 0.768. The highest BCUT2D eigenvalue weighted by Crippen LogP contribution is 2.60. The van der Waals surface area contributed by atoms with Crippen LogP contribution in [0.3, 0.4) is 0 Å². The molecular formula is C65H44N2. The Bertz CT molecular complexity index is 3740. The van der Waals surface area contributed by atoms with E-state index in [2.05, 4.69) is 276 Å². The van der Waals surface area contributed by atoms with E-state index in [1.165, 1.54) is 82.6 Å². The van der Waals surface area contributed by atoms with Gasteiger partial charge in [-0.25, -0.2) is 0 Å². The number of nitrogens with zero attached hydrogens (tertiary/aromatic N) is 2. The van der Waals surface area contributed by atoms with Crippen molar-refractivity contribution in [2.75, 3.05) is 4.90 Å². The summed E-state index contributed by atoms with van der Waals surface area (Å²) in [7, 11) is 0. The number of benzene rings is 11.